The molecule has 1 aliphatic rings. The Balaban J connectivity index is 1.67. The van der Waals surface area contributed by atoms with E-state index in [-0.39, 0.29) is 11.3 Å². The van der Waals surface area contributed by atoms with E-state index in [9.17, 15) is 8.78 Å². The molecule has 0 aliphatic heterocycles. The first-order valence-corrected chi connectivity index (χ1v) is 9.76. The minimum absolute atomic E-state index is 0.0339. The minimum Gasteiger partial charge on any atom is -0.494 e. The summed E-state index contributed by atoms with van der Waals surface area (Å²) in [7, 11) is 1.31. The molecule has 0 saturated heterocycles. The molecule has 1 aliphatic carbocycles. The monoisotopic (exact) mass is 368 g/mol. The van der Waals surface area contributed by atoms with Crippen LogP contribution < -0.4 is 4.74 Å². The van der Waals surface area contributed by atoms with Gasteiger partial charge in [0, 0.05) is 5.56 Å². The maximum absolute atomic E-state index is 14.0. The first kappa shape index (κ1) is 19.4. The zero-order chi connectivity index (χ0) is 19.2. The van der Waals surface area contributed by atoms with Gasteiger partial charge in [0.1, 0.15) is 0 Å². The van der Waals surface area contributed by atoms with Crippen LogP contribution in [0.2, 0.25) is 0 Å². The molecule has 0 aromatic heterocycles. The third-order valence-electron chi connectivity index (χ3n) is 5.53. The highest BCUT2D eigenvalue weighted by Gasteiger charge is 2.21. The van der Waals surface area contributed by atoms with E-state index in [1.54, 1.807) is 0 Å². The second-order valence-electron chi connectivity index (χ2n) is 7.32. The molecular weight excluding hydrogens is 342 g/mol. The van der Waals surface area contributed by atoms with Gasteiger partial charge in [-0.15, -0.1) is 0 Å². The highest BCUT2D eigenvalue weighted by Crippen LogP contribution is 2.37. The molecule has 1 fully saturated rings. The molecule has 1 saturated carbocycles. The van der Waals surface area contributed by atoms with Crippen molar-refractivity contribution in [2.45, 2.75) is 51.4 Å². The van der Waals surface area contributed by atoms with Crippen LogP contribution in [0, 0.1) is 29.4 Å². The summed E-state index contributed by atoms with van der Waals surface area (Å²) < 4.78 is 32.5. The number of hydrogen-bond acceptors (Lipinski definition) is 1. The number of rotatable bonds is 4. The Kier molecular flexibility index (Phi) is 6.50. The Labute approximate surface area is 160 Å². The number of benzene rings is 2. The zero-order valence-corrected chi connectivity index (χ0v) is 16.0. The van der Waals surface area contributed by atoms with Crippen molar-refractivity contribution in [3.05, 3.63) is 64.7 Å². The van der Waals surface area contributed by atoms with Crippen LogP contribution in [-0.4, -0.2) is 7.11 Å². The molecule has 0 unspecified atom stereocenters. The summed E-state index contributed by atoms with van der Waals surface area (Å²) in [5, 5.41) is 0. The van der Waals surface area contributed by atoms with E-state index in [2.05, 4.69) is 30.9 Å². The van der Waals surface area contributed by atoms with Gasteiger partial charge in [0.15, 0.2) is 11.6 Å². The van der Waals surface area contributed by atoms with Gasteiger partial charge >= 0.3 is 0 Å². The number of hydrogen-bond donors (Lipinski definition) is 0. The molecule has 0 spiro atoms. The molecule has 0 bridgehead atoms. The van der Waals surface area contributed by atoms with Gasteiger partial charge < -0.3 is 4.74 Å². The van der Waals surface area contributed by atoms with Gasteiger partial charge in [-0.2, -0.15) is 4.39 Å². The quantitative estimate of drug-likeness (QED) is 0.564. The van der Waals surface area contributed by atoms with Crippen LogP contribution in [0.4, 0.5) is 8.78 Å². The molecule has 1 nitrogen and oxygen atoms in total. The molecule has 2 aromatic rings. The molecular formula is C24H26F2O. The average molecular weight is 368 g/mol. The van der Waals surface area contributed by atoms with Crippen molar-refractivity contribution in [2.24, 2.45) is 5.92 Å². The van der Waals surface area contributed by atoms with Crippen molar-refractivity contribution in [1.29, 1.82) is 0 Å². The van der Waals surface area contributed by atoms with Crippen molar-refractivity contribution in [2.75, 3.05) is 7.11 Å². The molecule has 0 amide bonds. The number of halogens is 2. The van der Waals surface area contributed by atoms with Crippen molar-refractivity contribution >= 4 is 0 Å². The van der Waals surface area contributed by atoms with E-state index in [1.807, 2.05) is 12.1 Å². The predicted molar refractivity (Wildman–Crippen MR) is 105 cm³/mol. The molecule has 142 valence electrons. The maximum Gasteiger partial charge on any atom is 0.201 e. The van der Waals surface area contributed by atoms with Crippen LogP contribution >= 0.6 is 0 Å². The summed E-state index contributed by atoms with van der Waals surface area (Å²) >= 11 is 0. The Morgan fingerprint density at radius 1 is 0.926 bits per heavy atom. The Bertz CT molecular complexity index is 822. The Hall–Kier alpha value is -2.34. The van der Waals surface area contributed by atoms with Gasteiger partial charge in [-0.3, -0.25) is 0 Å². The molecule has 0 radical (unpaired) electrons. The lowest BCUT2D eigenvalue weighted by atomic mass is 9.77. The average Bonchev–Trinajstić information content (AvgIpc) is 2.70. The second-order valence-corrected chi connectivity index (χ2v) is 7.32. The fraction of sp³-hybridized carbons (Fsp3) is 0.417. The van der Waals surface area contributed by atoms with Crippen molar-refractivity contribution in [3.8, 4) is 17.6 Å². The van der Waals surface area contributed by atoms with Gasteiger partial charge in [0.2, 0.25) is 5.82 Å². The van der Waals surface area contributed by atoms with Gasteiger partial charge in [-0.1, -0.05) is 43.7 Å². The smallest absolute Gasteiger partial charge is 0.201 e. The van der Waals surface area contributed by atoms with Crippen LogP contribution in [0.1, 0.15) is 68.1 Å². The highest BCUT2D eigenvalue weighted by molar-refractivity contribution is 5.46. The van der Waals surface area contributed by atoms with Crippen LogP contribution in [-0.2, 0) is 0 Å². The minimum atomic E-state index is -1.00. The third-order valence-corrected chi connectivity index (χ3v) is 5.53. The SMILES string of the molecule is CCC[C@H]1CC[C@H](c2ccc(C#Cc3ccc(OC)c(F)c3F)cc2)CC1. The lowest BCUT2D eigenvalue weighted by molar-refractivity contribution is 0.308. The zero-order valence-electron chi connectivity index (χ0n) is 16.0. The summed E-state index contributed by atoms with van der Waals surface area (Å²) in [4.78, 5) is 0. The fourth-order valence-corrected chi connectivity index (χ4v) is 3.96. The maximum atomic E-state index is 14.0. The molecule has 3 rings (SSSR count). The fourth-order valence-electron chi connectivity index (χ4n) is 3.96. The van der Waals surface area contributed by atoms with E-state index in [1.165, 1.54) is 63.3 Å². The van der Waals surface area contributed by atoms with Gasteiger partial charge in [0.25, 0.3) is 0 Å². The van der Waals surface area contributed by atoms with Crippen molar-refractivity contribution < 1.29 is 13.5 Å². The molecule has 0 N–H and O–H groups in total. The lowest BCUT2D eigenvalue weighted by Crippen LogP contribution is -2.13. The van der Waals surface area contributed by atoms with Crippen LogP contribution in [0.3, 0.4) is 0 Å². The summed E-state index contributed by atoms with van der Waals surface area (Å²) in [6.45, 7) is 2.26. The lowest BCUT2D eigenvalue weighted by Gasteiger charge is -2.28. The summed E-state index contributed by atoms with van der Waals surface area (Å²) in [6.07, 6.45) is 7.79. The largest absolute Gasteiger partial charge is 0.494 e. The third kappa shape index (κ3) is 4.69. The summed E-state index contributed by atoms with van der Waals surface area (Å²) in [5.41, 5.74) is 2.19. The second kappa shape index (κ2) is 9.04. The summed E-state index contributed by atoms with van der Waals surface area (Å²) in [5.74, 6) is 5.09. The Morgan fingerprint density at radius 2 is 1.63 bits per heavy atom. The number of ether oxygens (including phenoxy) is 1. The van der Waals surface area contributed by atoms with E-state index in [4.69, 9.17) is 4.74 Å². The van der Waals surface area contributed by atoms with E-state index in [0.717, 1.165) is 11.5 Å². The number of methoxy groups -OCH3 is 1. The van der Waals surface area contributed by atoms with Gasteiger partial charge in [-0.25, -0.2) is 4.39 Å². The first-order chi connectivity index (χ1) is 13.1. The summed E-state index contributed by atoms with van der Waals surface area (Å²) in [6, 6.07) is 11.0. The van der Waals surface area contributed by atoms with Crippen molar-refractivity contribution in [3.63, 3.8) is 0 Å². The topological polar surface area (TPSA) is 9.23 Å². The first-order valence-electron chi connectivity index (χ1n) is 9.76. The molecule has 27 heavy (non-hydrogen) atoms. The molecule has 0 heterocycles. The highest BCUT2D eigenvalue weighted by atomic mass is 19.2. The molecule has 3 heteroatoms. The van der Waals surface area contributed by atoms with Crippen LogP contribution in [0.5, 0.6) is 5.75 Å². The molecule has 2 aromatic carbocycles. The van der Waals surface area contributed by atoms with Crippen molar-refractivity contribution in [1.82, 2.24) is 0 Å². The molecule has 0 atom stereocenters. The van der Waals surface area contributed by atoms with E-state index in [0.29, 0.717) is 5.92 Å². The normalized spacial score (nSPS) is 19.3. The van der Waals surface area contributed by atoms with Crippen LogP contribution in [0.15, 0.2) is 36.4 Å². The Morgan fingerprint density at radius 3 is 2.26 bits per heavy atom. The van der Waals surface area contributed by atoms with Crippen LogP contribution in [0.25, 0.3) is 0 Å². The standard InChI is InChI=1S/C24H26F2O/c1-3-4-17-5-10-19(11-6-17)20-12-7-18(8-13-20)9-14-21-15-16-22(27-2)24(26)23(21)25/h7-8,12-13,15-17,19H,3-6,10-11H2,1-2H3/t17-,19-. The van der Waals surface area contributed by atoms with Gasteiger partial charge in [0.05, 0.1) is 12.7 Å². The van der Waals surface area contributed by atoms with E-state index >= 15 is 0 Å². The van der Waals surface area contributed by atoms with Gasteiger partial charge in [-0.05, 0) is 67.3 Å². The predicted octanol–water partition coefficient (Wildman–Crippen LogP) is 6.45. The van der Waals surface area contributed by atoms with E-state index < -0.39 is 11.6 Å².